The lowest BCUT2D eigenvalue weighted by atomic mass is 9.91. The van der Waals surface area contributed by atoms with E-state index in [4.69, 9.17) is 20.9 Å². The average Bonchev–Trinajstić information content (AvgIpc) is 3.28. The van der Waals surface area contributed by atoms with Crippen LogP contribution in [0.1, 0.15) is 36.6 Å². The fourth-order valence-corrected chi connectivity index (χ4v) is 6.07. The third-order valence-corrected chi connectivity index (χ3v) is 8.00. The molecule has 1 aromatic heterocycles. The van der Waals surface area contributed by atoms with E-state index in [1.165, 1.54) is 18.3 Å². The number of halogens is 1. The summed E-state index contributed by atoms with van der Waals surface area (Å²) in [5.41, 5.74) is 3.19. The minimum Gasteiger partial charge on any atom is -0.490 e. The molecule has 0 aliphatic carbocycles. The van der Waals surface area contributed by atoms with Crippen LogP contribution in [0, 0.1) is 12.3 Å². The number of carbonyl (C=O) groups excluding carboxylic acids is 1. The lowest BCUT2D eigenvalue weighted by Crippen LogP contribution is -2.39. The first-order valence-electron chi connectivity index (χ1n) is 12.6. The van der Waals surface area contributed by atoms with Crippen molar-refractivity contribution in [2.24, 2.45) is 4.99 Å². The molecular formula is C32H25BrN2O4S. The smallest absolute Gasteiger partial charge is 0.271 e. The lowest BCUT2D eigenvalue weighted by Gasteiger charge is -2.25. The van der Waals surface area contributed by atoms with Gasteiger partial charge in [0, 0.05) is 15.6 Å². The maximum atomic E-state index is 14.0. The van der Waals surface area contributed by atoms with E-state index in [9.17, 15) is 9.59 Å². The summed E-state index contributed by atoms with van der Waals surface area (Å²) in [5.74, 6) is 3.34. The summed E-state index contributed by atoms with van der Waals surface area (Å²) in [6.45, 7) is 3.94. The Morgan fingerprint density at radius 2 is 1.77 bits per heavy atom. The first kappa shape index (κ1) is 27.4. The Kier molecular flexibility index (Phi) is 8.15. The molecule has 1 atom stereocenters. The molecule has 0 amide bonds. The standard InChI is InChI=1S/C32H25BrN2O4S/c1-4-16-39-26-19-24(33)23(17-25(26)38-5-2)18-27-31(37)35-30(22-14-10-7-11-15-22)28(20(3)36)29(34-32(35)40-27)21-12-8-6-9-13-21/h1,6-15,17-19,30H,5,16H2,2-3H3/b27-18+. The van der Waals surface area contributed by atoms with Crippen molar-refractivity contribution >= 4 is 44.8 Å². The highest BCUT2D eigenvalue weighted by atomic mass is 79.9. The number of ketones is 1. The summed E-state index contributed by atoms with van der Waals surface area (Å²) in [5, 5.41) is 0. The fourth-order valence-electron chi connectivity index (χ4n) is 4.64. The Bertz CT molecular complexity index is 1830. The molecule has 0 bridgehead atoms. The van der Waals surface area contributed by atoms with Gasteiger partial charge < -0.3 is 9.47 Å². The van der Waals surface area contributed by atoms with Gasteiger partial charge in [-0.05, 0) is 43.2 Å². The van der Waals surface area contributed by atoms with Gasteiger partial charge in [0.15, 0.2) is 22.1 Å². The molecule has 1 aliphatic rings. The highest BCUT2D eigenvalue weighted by molar-refractivity contribution is 9.10. The summed E-state index contributed by atoms with van der Waals surface area (Å²) >= 11 is 4.87. The first-order chi connectivity index (χ1) is 19.4. The van der Waals surface area contributed by atoms with Gasteiger partial charge in [-0.25, -0.2) is 4.99 Å². The number of nitrogens with zero attached hydrogens (tertiary/aromatic N) is 2. The number of benzene rings is 3. The predicted molar refractivity (Wildman–Crippen MR) is 161 cm³/mol. The van der Waals surface area contributed by atoms with Crippen molar-refractivity contribution in [1.82, 2.24) is 4.57 Å². The number of hydrogen-bond acceptors (Lipinski definition) is 6. The number of ether oxygens (including phenoxy) is 2. The second-order valence-electron chi connectivity index (χ2n) is 8.92. The second-order valence-corrected chi connectivity index (χ2v) is 10.8. The minimum absolute atomic E-state index is 0.103. The van der Waals surface area contributed by atoms with E-state index in [1.807, 2.05) is 73.7 Å². The topological polar surface area (TPSA) is 69.9 Å². The molecule has 6 nitrogen and oxygen atoms in total. The van der Waals surface area contributed by atoms with E-state index in [0.29, 0.717) is 43.2 Å². The Morgan fingerprint density at radius 3 is 2.42 bits per heavy atom. The van der Waals surface area contributed by atoms with Crippen LogP contribution in [0.3, 0.4) is 0 Å². The molecule has 0 N–H and O–H groups in total. The zero-order valence-electron chi connectivity index (χ0n) is 21.9. The van der Waals surface area contributed by atoms with Crippen LogP contribution in [0.15, 0.2) is 92.6 Å². The molecule has 200 valence electrons. The molecule has 1 aliphatic heterocycles. The van der Waals surface area contributed by atoms with Gasteiger partial charge in [0.2, 0.25) is 0 Å². The van der Waals surface area contributed by atoms with Crippen molar-refractivity contribution in [3.8, 4) is 23.8 Å². The summed E-state index contributed by atoms with van der Waals surface area (Å²) in [7, 11) is 0. The molecule has 0 saturated carbocycles. The molecule has 8 heteroatoms. The zero-order chi connectivity index (χ0) is 28.2. The number of allylic oxidation sites excluding steroid dienone is 1. The maximum Gasteiger partial charge on any atom is 0.271 e. The largest absolute Gasteiger partial charge is 0.490 e. The molecule has 0 saturated heterocycles. The van der Waals surface area contributed by atoms with E-state index in [0.717, 1.165) is 16.7 Å². The van der Waals surface area contributed by atoms with Gasteiger partial charge in [-0.2, -0.15) is 0 Å². The summed E-state index contributed by atoms with van der Waals surface area (Å²) in [6.07, 6.45) is 7.16. The molecule has 2 heterocycles. The molecule has 0 fully saturated rings. The van der Waals surface area contributed by atoms with Crippen LogP contribution < -0.4 is 24.4 Å². The molecule has 3 aromatic carbocycles. The number of rotatable bonds is 8. The Morgan fingerprint density at radius 1 is 1.10 bits per heavy atom. The number of hydrogen-bond donors (Lipinski definition) is 0. The van der Waals surface area contributed by atoms with Gasteiger partial charge in [0.1, 0.15) is 6.61 Å². The second kappa shape index (κ2) is 11.9. The minimum atomic E-state index is -0.616. The van der Waals surface area contributed by atoms with E-state index < -0.39 is 6.04 Å². The number of Topliss-reactive ketones (excluding diaryl/α,β-unsaturated/α-hetero) is 1. The summed E-state index contributed by atoms with van der Waals surface area (Å²) in [4.78, 5) is 32.5. The molecule has 4 aromatic rings. The van der Waals surface area contributed by atoms with Gasteiger partial charge in [0.25, 0.3) is 5.56 Å². The summed E-state index contributed by atoms with van der Waals surface area (Å²) in [6, 6.07) is 22.1. The van der Waals surface area contributed by atoms with Crippen LogP contribution >= 0.6 is 27.3 Å². The fraction of sp³-hybridized carbons (Fsp3) is 0.156. The monoisotopic (exact) mass is 612 g/mol. The third-order valence-electron chi connectivity index (χ3n) is 6.33. The van der Waals surface area contributed by atoms with Crippen LogP contribution in [0.5, 0.6) is 11.5 Å². The molecule has 1 unspecified atom stereocenters. The molecule has 0 spiro atoms. The van der Waals surface area contributed by atoms with Crippen molar-refractivity contribution in [1.29, 1.82) is 0 Å². The molecular weight excluding hydrogens is 588 g/mol. The van der Waals surface area contributed by atoms with Gasteiger partial charge in [-0.15, -0.1) is 6.42 Å². The predicted octanol–water partition coefficient (Wildman–Crippen LogP) is 5.13. The SMILES string of the molecule is C#CCOc1cc(Br)c(/C=c2/sc3n(c2=O)C(c2ccccc2)C(C(C)=O)=C(c2ccccc2)N=3)cc1OCC. The van der Waals surface area contributed by atoms with Gasteiger partial charge >= 0.3 is 0 Å². The summed E-state index contributed by atoms with van der Waals surface area (Å²) < 4.78 is 14.2. The highest BCUT2D eigenvalue weighted by Gasteiger charge is 2.32. The number of fused-ring (bicyclic) bond motifs is 1. The van der Waals surface area contributed by atoms with Crippen LogP contribution in [0.4, 0.5) is 0 Å². The molecule has 40 heavy (non-hydrogen) atoms. The van der Waals surface area contributed by atoms with E-state index >= 15 is 0 Å². The maximum absolute atomic E-state index is 14.0. The van der Waals surface area contributed by atoms with Crippen LogP contribution in [0.2, 0.25) is 0 Å². The van der Waals surface area contributed by atoms with E-state index in [1.54, 1.807) is 16.7 Å². The highest BCUT2D eigenvalue weighted by Crippen LogP contribution is 2.36. The number of terminal acetylenes is 1. The Hall–Kier alpha value is -4.19. The van der Waals surface area contributed by atoms with E-state index in [-0.39, 0.29) is 17.9 Å². The van der Waals surface area contributed by atoms with Crippen molar-refractivity contribution in [2.45, 2.75) is 19.9 Å². The Labute approximate surface area is 244 Å². The lowest BCUT2D eigenvalue weighted by molar-refractivity contribution is -0.113. The van der Waals surface area contributed by atoms with Crippen molar-refractivity contribution in [2.75, 3.05) is 13.2 Å². The number of carbonyl (C=O) groups is 1. The van der Waals surface area contributed by atoms with Gasteiger partial charge in [-0.1, -0.05) is 93.9 Å². The Balaban J connectivity index is 1.75. The molecule has 0 radical (unpaired) electrons. The first-order valence-corrected chi connectivity index (χ1v) is 14.2. The van der Waals surface area contributed by atoms with Crippen LogP contribution in [0.25, 0.3) is 11.8 Å². The average molecular weight is 614 g/mol. The number of aromatic nitrogens is 1. The molecule has 5 rings (SSSR count). The third kappa shape index (κ3) is 5.31. The van der Waals surface area contributed by atoms with Crippen molar-refractivity contribution < 1.29 is 14.3 Å². The quantitative estimate of drug-likeness (QED) is 0.259. The van der Waals surface area contributed by atoms with Crippen molar-refractivity contribution in [3.05, 3.63) is 119 Å². The van der Waals surface area contributed by atoms with E-state index in [2.05, 4.69) is 21.9 Å². The normalized spacial score (nSPS) is 14.8. The van der Waals surface area contributed by atoms with Gasteiger partial charge in [0.05, 0.1) is 22.9 Å². The zero-order valence-corrected chi connectivity index (χ0v) is 24.3. The van der Waals surface area contributed by atoms with Gasteiger partial charge in [-0.3, -0.25) is 14.2 Å². The number of thiazole rings is 1. The van der Waals surface area contributed by atoms with Crippen LogP contribution in [-0.2, 0) is 4.79 Å². The van der Waals surface area contributed by atoms with Crippen LogP contribution in [-0.4, -0.2) is 23.6 Å². The van der Waals surface area contributed by atoms with Crippen molar-refractivity contribution in [3.63, 3.8) is 0 Å².